The summed E-state index contributed by atoms with van der Waals surface area (Å²) in [6, 6.07) is 8.22. The molecule has 2 amide bonds. The summed E-state index contributed by atoms with van der Waals surface area (Å²) in [4.78, 5) is 16.2. The Bertz CT molecular complexity index is 949. The summed E-state index contributed by atoms with van der Waals surface area (Å²) in [5, 5.41) is 15.0. The van der Waals surface area contributed by atoms with Crippen molar-refractivity contribution in [2.45, 2.75) is 6.92 Å². The zero-order valence-electron chi connectivity index (χ0n) is 14.3. The standard InChI is InChI=1S/C17H18FN7O/c1-12-2-3-13(10-14(12)18)20-17(26)24-8-6-23(7-9-24)16-5-4-15-21-19-11-25(15)22-16/h2-5,10-11H,6-9H2,1H3,(H,20,26). The number of benzene rings is 1. The molecule has 9 heteroatoms. The molecule has 134 valence electrons. The Hall–Kier alpha value is -3.23. The predicted octanol–water partition coefficient (Wildman–Crippen LogP) is 1.93. The fourth-order valence-corrected chi connectivity index (χ4v) is 2.90. The third-order valence-corrected chi connectivity index (χ3v) is 4.46. The number of carbonyl (C=O) groups is 1. The lowest BCUT2D eigenvalue weighted by Gasteiger charge is -2.35. The van der Waals surface area contributed by atoms with E-state index in [9.17, 15) is 9.18 Å². The Morgan fingerprint density at radius 2 is 1.96 bits per heavy atom. The van der Waals surface area contributed by atoms with E-state index < -0.39 is 0 Å². The number of fused-ring (bicyclic) bond motifs is 1. The van der Waals surface area contributed by atoms with Gasteiger partial charge in [0.25, 0.3) is 0 Å². The molecule has 0 spiro atoms. The number of nitrogens with one attached hydrogen (secondary N) is 1. The number of anilines is 2. The number of piperazine rings is 1. The molecule has 1 N–H and O–H groups in total. The zero-order chi connectivity index (χ0) is 18.1. The first kappa shape index (κ1) is 16.2. The summed E-state index contributed by atoms with van der Waals surface area (Å²) >= 11 is 0. The third-order valence-electron chi connectivity index (χ3n) is 4.46. The average Bonchev–Trinajstić information content (AvgIpc) is 3.12. The van der Waals surface area contributed by atoms with Gasteiger partial charge in [0.1, 0.15) is 18.0 Å². The largest absolute Gasteiger partial charge is 0.352 e. The van der Waals surface area contributed by atoms with Gasteiger partial charge >= 0.3 is 6.03 Å². The molecule has 0 atom stereocenters. The van der Waals surface area contributed by atoms with Crippen molar-refractivity contribution in [2.24, 2.45) is 0 Å². The van der Waals surface area contributed by atoms with Gasteiger partial charge in [0.05, 0.1) is 0 Å². The molecule has 2 aromatic heterocycles. The van der Waals surface area contributed by atoms with Gasteiger partial charge in [-0.3, -0.25) is 0 Å². The lowest BCUT2D eigenvalue weighted by Crippen LogP contribution is -2.50. The molecule has 0 saturated carbocycles. The van der Waals surface area contributed by atoms with Gasteiger partial charge < -0.3 is 15.1 Å². The maximum absolute atomic E-state index is 13.6. The minimum Gasteiger partial charge on any atom is -0.352 e. The van der Waals surface area contributed by atoms with Crippen molar-refractivity contribution in [1.82, 2.24) is 24.7 Å². The van der Waals surface area contributed by atoms with Gasteiger partial charge in [-0.25, -0.2) is 9.18 Å². The van der Waals surface area contributed by atoms with E-state index in [1.54, 1.807) is 34.8 Å². The highest BCUT2D eigenvalue weighted by Crippen LogP contribution is 2.16. The second kappa shape index (κ2) is 6.58. The lowest BCUT2D eigenvalue weighted by molar-refractivity contribution is 0.208. The maximum Gasteiger partial charge on any atom is 0.321 e. The summed E-state index contributed by atoms with van der Waals surface area (Å²) in [7, 11) is 0. The Morgan fingerprint density at radius 3 is 2.73 bits per heavy atom. The van der Waals surface area contributed by atoms with Crippen LogP contribution in [0.2, 0.25) is 0 Å². The molecule has 0 radical (unpaired) electrons. The van der Waals surface area contributed by atoms with Crippen molar-refractivity contribution in [2.75, 3.05) is 36.4 Å². The first-order valence-electron chi connectivity index (χ1n) is 8.34. The number of aromatic nitrogens is 4. The van der Waals surface area contributed by atoms with Gasteiger partial charge in [-0.05, 0) is 36.8 Å². The molecule has 0 unspecified atom stereocenters. The molecule has 8 nitrogen and oxygen atoms in total. The summed E-state index contributed by atoms with van der Waals surface area (Å²) in [6.07, 6.45) is 1.56. The summed E-state index contributed by atoms with van der Waals surface area (Å²) < 4.78 is 15.2. The number of amides is 2. The van der Waals surface area contributed by atoms with Crippen LogP contribution >= 0.6 is 0 Å². The Kier molecular flexibility index (Phi) is 4.11. The second-order valence-corrected chi connectivity index (χ2v) is 6.19. The van der Waals surface area contributed by atoms with E-state index in [4.69, 9.17) is 0 Å². The van der Waals surface area contributed by atoms with E-state index in [0.717, 1.165) is 5.82 Å². The first-order chi connectivity index (χ1) is 12.6. The SMILES string of the molecule is Cc1ccc(NC(=O)N2CCN(c3ccc4nncn4n3)CC2)cc1F. The summed E-state index contributed by atoms with van der Waals surface area (Å²) in [6.45, 7) is 4.13. The monoisotopic (exact) mass is 355 g/mol. The van der Waals surface area contributed by atoms with Crippen LogP contribution in [0.25, 0.3) is 5.65 Å². The molecular formula is C17H18FN7O. The number of hydrogen-bond acceptors (Lipinski definition) is 5. The molecule has 0 aliphatic carbocycles. The van der Waals surface area contributed by atoms with Crippen molar-refractivity contribution < 1.29 is 9.18 Å². The van der Waals surface area contributed by atoms with Crippen LogP contribution < -0.4 is 10.2 Å². The normalized spacial score (nSPS) is 14.7. The predicted molar refractivity (Wildman–Crippen MR) is 94.7 cm³/mol. The van der Waals surface area contributed by atoms with E-state index in [0.29, 0.717) is 43.1 Å². The fourth-order valence-electron chi connectivity index (χ4n) is 2.90. The van der Waals surface area contributed by atoms with Crippen LogP contribution in [-0.4, -0.2) is 56.9 Å². The van der Waals surface area contributed by atoms with Crippen molar-refractivity contribution in [3.8, 4) is 0 Å². The van der Waals surface area contributed by atoms with Gasteiger partial charge in [0.15, 0.2) is 5.65 Å². The first-order valence-corrected chi connectivity index (χ1v) is 8.34. The maximum atomic E-state index is 13.6. The Balaban J connectivity index is 1.37. The van der Waals surface area contributed by atoms with Crippen molar-refractivity contribution in [1.29, 1.82) is 0 Å². The lowest BCUT2D eigenvalue weighted by atomic mass is 10.2. The Labute approximate surface area is 149 Å². The van der Waals surface area contributed by atoms with Crippen molar-refractivity contribution in [3.05, 3.63) is 48.0 Å². The molecule has 4 rings (SSSR count). The molecule has 1 aliphatic rings. The minimum atomic E-state index is -0.330. The summed E-state index contributed by atoms with van der Waals surface area (Å²) in [5.74, 6) is 0.487. The average molecular weight is 355 g/mol. The van der Waals surface area contributed by atoms with Crippen molar-refractivity contribution in [3.63, 3.8) is 0 Å². The van der Waals surface area contributed by atoms with Crippen LogP contribution in [0.15, 0.2) is 36.7 Å². The number of carbonyl (C=O) groups excluding carboxylic acids is 1. The van der Waals surface area contributed by atoms with Gasteiger partial charge in [0, 0.05) is 31.9 Å². The number of halogens is 1. The van der Waals surface area contributed by atoms with Gasteiger partial charge in [0.2, 0.25) is 0 Å². The van der Waals surface area contributed by atoms with E-state index in [-0.39, 0.29) is 11.8 Å². The van der Waals surface area contributed by atoms with Crippen LogP contribution in [0.4, 0.5) is 20.7 Å². The molecule has 1 saturated heterocycles. The topological polar surface area (TPSA) is 78.7 Å². The molecule has 1 fully saturated rings. The third kappa shape index (κ3) is 3.15. The molecule has 1 aliphatic heterocycles. The quantitative estimate of drug-likeness (QED) is 0.760. The highest BCUT2D eigenvalue weighted by molar-refractivity contribution is 5.89. The van der Waals surface area contributed by atoms with Crippen LogP contribution in [0.5, 0.6) is 0 Å². The second-order valence-electron chi connectivity index (χ2n) is 6.19. The van der Waals surface area contributed by atoms with Crippen molar-refractivity contribution >= 4 is 23.2 Å². The summed E-state index contributed by atoms with van der Waals surface area (Å²) in [5.41, 5.74) is 1.70. The molecule has 0 bridgehead atoms. The number of hydrogen-bond donors (Lipinski definition) is 1. The van der Waals surface area contributed by atoms with Crippen LogP contribution in [-0.2, 0) is 0 Å². The minimum absolute atomic E-state index is 0.227. The zero-order valence-corrected chi connectivity index (χ0v) is 14.3. The van der Waals surface area contributed by atoms with Crippen LogP contribution in [0.1, 0.15) is 5.56 Å². The highest BCUT2D eigenvalue weighted by Gasteiger charge is 2.22. The molecule has 3 aromatic rings. The molecule has 26 heavy (non-hydrogen) atoms. The highest BCUT2D eigenvalue weighted by atomic mass is 19.1. The number of rotatable bonds is 2. The molecule has 1 aromatic carbocycles. The smallest absolute Gasteiger partial charge is 0.321 e. The van der Waals surface area contributed by atoms with Crippen LogP contribution in [0, 0.1) is 12.7 Å². The van der Waals surface area contributed by atoms with Gasteiger partial charge in [-0.2, -0.15) is 4.52 Å². The fraction of sp³-hybridized carbons (Fsp3) is 0.294. The Morgan fingerprint density at radius 1 is 1.15 bits per heavy atom. The van der Waals surface area contributed by atoms with E-state index >= 15 is 0 Å². The number of nitrogens with zero attached hydrogens (tertiary/aromatic N) is 6. The van der Waals surface area contributed by atoms with Crippen LogP contribution in [0.3, 0.4) is 0 Å². The number of urea groups is 1. The van der Waals surface area contributed by atoms with Gasteiger partial charge in [-0.15, -0.1) is 15.3 Å². The van der Waals surface area contributed by atoms with E-state index in [2.05, 4.69) is 25.5 Å². The van der Waals surface area contributed by atoms with Gasteiger partial charge in [-0.1, -0.05) is 6.07 Å². The van der Waals surface area contributed by atoms with E-state index in [1.807, 2.05) is 12.1 Å². The molecular weight excluding hydrogens is 337 g/mol. The number of aryl methyl sites for hydroxylation is 1. The molecule has 3 heterocycles. The van der Waals surface area contributed by atoms with E-state index in [1.165, 1.54) is 6.07 Å².